The number of hydrogen-bond acceptors (Lipinski definition) is 3. The minimum atomic E-state index is -1.23. The third kappa shape index (κ3) is 5.45. The number of nitrogens with one attached hydrogen (secondary N) is 2. The van der Waals surface area contributed by atoms with E-state index in [9.17, 15) is 9.90 Å². The molecule has 0 saturated carbocycles. The predicted molar refractivity (Wildman–Crippen MR) is 89.0 cm³/mol. The van der Waals surface area contributed by atoms with Crippen molar-refractivity contribution in [2.45, 2.75) is 38.3 Å². The maximum atomic E-state index is 11.9. The monoisotopic (exact) mass is 316 g/mol. The summed E-state index contributed by atoms with van der Waals surface area (Å²) in [5.74, 6) is 0.426. The molecule has 124 valence electrons. The summed E-state index contributed by atoms with van der Waals surface area (Å²) in [6.45, 7) is 3.65. The van der Waals surface area contributed by atoms with Crippen LogP contribution in [0, 0.1) is 0 Å². The molecule has 0 saturated heterocycles. The minimum Gasteiger partial charge on any atom is -0.466 e. The smallest absolute Gasteiger partial charge is 0.315 e. The molecule has 0 fully saturated rings. The normalized spacial score (nSPS) is 14.7. The van der Waals surface area contributed by atoms with Crippen LogP contribution in [0.3, 0.4) is 0 Å². The summed E-state index contributed by atoms with van der Waals surface area (Å²) in [6, 6.07) is 13.3. The topological polar surface area (TPSA) is 74.5 Å². The maximum Gasteiger partial charge on any atom is 0.315 e. The lowest BCUT2D eigenvalue weighted by atomic mass is 10.0. The molecule has 3 N–H and O–H groups in total. The number of aliphatic hydroxyl groups is 1. The molecule has 0 aliphatic carbocycles. The van der Waals surface area contributed by atoms with Gasteiger partial charge >= 0.3 is 6.03 Å². The van der Waals surface area contributed by atoms with E-state index >= 15 is 0 Å². The second-order valence-electron chi connectivity index (χ2n) is 6.00. The summed E-state index contributed by atoms with van der Waals surface area (Å²) in [5, 5.41) is 15.8. The lowest BCUT2D eigenvalue weighted by Crippen LogP contribution is -2.46. The van der Waals surface area contributed by atoms with E-state index < -0.39 is 5.60 Å². The van der Waals surface area contributed by atoms with Gasteiger partial charge in [0, 0.05) is 6.04 Å². The number of amides is 2. The Balaban J connectivity index is 1.72. The highest BCUT2D eigenvalue weighted by molar-refractivity contribution is 5.74. The number of urea groups is 1. The first kappa shape index (κ1) is 17.1. The fourth-order valence-corrected chi connectivity index (χ4v) is 2.30. The maximum absolute atomic E-state index is 11.9. The SMILES string of the molecule is CC(CCc1ccccc1)NC(=O)NCC(C)(O)c1ccco1. The van der Waals surface area contributed by atoms with Crippen molar-refractivity contribution >= 4 is 6.03 Å². The van der Waals surface area contributed by atoms with Crippen LogP contribution in [0.5, 0.6) is 0 Å². The van der Waals surface area contributed by atoms with E-state index in [4.69, 9.17) is 4.42 Å². The Labute approximate surface area is 136 Å². The Morgan fingerprint density at radius 1 is 1.26 bits per heavy atom. The molecule has 0 bridgehead atoms. The van der Waals surface area contributed by atoms with Crippen molar-refractivity contribution in [1.29, 1.82) is 0 Å². The van der Waals surface area contributed by atoms with E-state index in [1.807, 2.05) is 25.1 Å². The molecule has 0 aliphatic rings. The molecule has 2 unspecified atom stereocenters. The van der Waals surface area contributed by atoms with Gasteiger partial charge in [-0.2, -0.15) is 0 Å². The number of furan rings is 1. The second-order valence-corrected chi connectivity index (χ2v) is 6.00. The fraction of sp³-hybridized carbons (Fsp3) is 0.389. The van der Waals surface area contributed by atoms with E-state index in [0.717, 1.165) is 12.8 Å². The van der Waals surface area contributed by atoms with Gasteiger partial charge in [-0.25, -0.2) is 4.79 Å². The molecule has 2 aromatic rings. The van der Waals surface area contributed by atoms with E-state index in [1.54, 1.807) is 19.1 Å². The van der Waals surface area contributed by atoms with Crippen molar-refractivity contribution in [1.82, 2.24) is 10.6 Å². The molecule has 1 aromatic carbocycles. The highest BCUT2D eigenvalue weighted by Crippen LogP contribution is 2.19. The number of benzene rings is 1. The summed E-state index contributed by atoms with van der Waals surface area (Å²) in [5.41, 5.74) is 0.0241. The standard InChI is InChI=1S/C18H24N2O3/c1-14(10-11-15-7-4-3-5-8-15)20-17(21)19-13-18(2,22)16-9-6-12-23-16/h3-9,12,14,22H,10-11,13H2,1-2H3,(H2,19,20,21). The summed E-state index contributed by atoms with van der Waals surface area (Å²) in [4.78, 5) is 11.9. The molecule has 0 spiro atoms. The van der Waals surface area contributed by atoms with Gasteiger partial charge in [0.2, 0.25) is 0 Å². The third-order valence-corrected chi connectivity index (χ3v) is 3.73. The fourth-order valence-electron chi connectivity index (χ4n) is 2.30. The average molecular weight is 316 g/mol. The largest absolute Gasteiger partial charge is 0.466 e. The summed E-state index contributed by atoms with van der Waals surface area (Å²) in [6.07, 6.45) is 3.26. The first-order valence-electron chi connectivity index (χ1n) is 7.82. The predicted octanol–water partition coefficient (Wildman–Crippen LogP) is 2.81. The molecule has 0 radical (unpaired) electrons. The summed E-state index contributed by atoms with van der Waals surface area (Å²) in [7, 11) is 0. The van der Waals surface area contributed by atoms with Gasteiger partial charge in [0.15, 0.2) is 0 Å². The van der Waals surface area contributed by atoms with Crippen LogP contribution in [-0.4, -0.2) is 23.7 Å². The molecule has 2 amide bonds. The Hall–Kier alpha value is -2.27. The molecular formula is C18H24N2O3. The van der Waals surface area contributed by atoms with Gasteiger partial charge in [-0.1, -0.05) is 30.3 Å². The Bertz CT molecular complexity index is 594. The quantitative estimate of drug-likeness (QED) is 0.735. The molecular weight excluding hydrogens is 292 g/mol. The molecule has 1 aromatic heterocycles. The highest BCUT2D eigenvalue weighted by Gasteiger charge is 2.26. The van der Waals surface area contributed by atoms with Crippen LogP contribution in [0.25, 0.3) is 0 Å². The Kier molecular flexibility index (Phi) is 5.82. The van der Waals surface area contributed by atoms with Crippen molar-refractivity contribution in [3.8, 4) is 0 Å². The van der Waals surface area contributed by atoms with Crippen molar-refractivity contribution in [2.24, 2.45) is 0 Å². The third-order valence-electron chi connectivity index (χ3n) is 3.73. The molecule has 2 atom stereocenters. The molecule has 1 heterocycles. The number of hydrogen-bond donors (Lipinski definition) is 3. The zero-order chi connectivity index (χ0) is 16.7. The average Bonchev–Trinajstić information content (AvgIpc) is 3.07. The lowest BCUT2D eigenvalue weighted by molar-refractivity contribution is 0.0366. The van der Waals surface area contributed by atoms with Crippen LogP contribution >= 0.6 is 0 Å². The highest BCUT2D eigenvalue weighted by atomic mass is 16.4. The lowest BCUT2D eigenvalue weighted by Gasteiger charge is -2.22. The van der Waals surface area contributed by atoms with Crippen LogP contribution in [0.15, 0.2) is 53.1 Å². The van der Waals surface area contributed by atoms with Crippen LogP contribution in [0.4, 0.5) is 4.79 Å². The first-order valence-corrected chi connectivity index (χ1v) is 7.82. The van der Waals surface area contributed by atoms with Crippen LogP contribution in [0.1, 0.15) is 31.6 Å². The zero-order valence-corrected chi connectivity index (χ0v) is 13.6. The second kappa shape index (κ2) is 7.83. The van der Waals surface area contributed by atoms with Crippen LogP contribution in [-0.2, 0) is 12.0 Å². The number of aryl methyl sites for hydroxylation is 1. The molecule has 5 heteroatoms. The van der Waals surface area contributed by atoms with Gasteiger partial charge in [-0.05, 0) is 44.4 Å². The van der Waals surface area contributed by atoms with Crippen molar-refractivity contribution < 1.29 is 14.3 Å². The van der Waals surface area contributed by atoms with E-state index in [1.165, 1.54) is 11.8 Å². The van der Waals surface area contributed by atoms with Gasteiger partial charge in [0.1, 0.15) is 11.4 Å². The number of rotatable bonds is 7. The van der Waals surface area contributed by atoms with Crippen molar-refractivity contribution in [2.75, 3.05) is 6.54 Å². The Morgan fingerprint density at radius 2 is 2.00 bits per heavy atom. The summed E-state index contributed by atoms with van der Waals surface area (Å²) < 4.78 is 5.18. The van der Waals surface area contributed by atoms with Gasteiger partial charge in [-0.15, -0.1) is 0 Å². The molecule has 0 aliphatic heterocycles. The summed E-state index contributed by atoms with van der Waals surface area (Å²) >= 11 is 0. The molecule has 5 nitrogen and oxygen atoms in total. The van der Waals surface area contributed by atoms with Gasteiger partial charge in [0.25, 0.3) is 0 Å². The van der Waals surface area contributed by atoms with Gasteiger partial charge in [0.05, 0.1) is 12.8 Å². The number of carbonyl (C=O) groups excluding carboxylic acids is 1. The Morgan fingerprint density at radius 3 is 2.65 bits per heavy atom. The van der Waals surface area contributed by atoms with Crippen molar-refractivity contribution in [3.05, 3.63) is 60.1 Å². The van der Waals surface area contributed by atoms with Crippen molar-refractivity contribution in [3.63, 3.8) is 0 Å². The van der Waals surface area contributed by atoms with Gasteiger partial charge in [-0.3, -0.25) is 0 Å². The van der Waals surface area contributed by atoms with Gasteiger partial charge < -0.3 is 20.2 Å². The van der Waals surface area contributed by atoms with Crippen LogP contribution < -0.4 is 10.6 Å². The molecule has 2 rings (SSSR count). The first-order chi connectivity index (χ1) is 11.0. The van der Waals surface area contributed by atoms with E-state index in [0.29, 0.717) is 5.76 Å². The van der Waals surface area contributed by atoms with Crippen LogP contribution in [0.2, 0.25) is 0 Å². The van der Waals surface area contributed by atoms with E-state index in [-0.39, 0.29) is 18.6 Å². The zero-order valence-electron chi connectivity index (χ0n) is 13.6. The minimum absolute atomic E-state index is 0.0452. The van der Waals surface area contributed by atoms with E-state index in [2.05, 4.69) is 22.8 Å². The number of carbonyl (C=O) groups is 1. The molecule has 23 heavy (non-hydrogen) atoms.